The van der Waals surface area contributed by atoms with Crippen LogP contribution in [0.2, 0.25) is 0 Å². The van der Waals surface area contributed by atoms with Crippen molar-refractivity contribution in [3.8, 4) is 0 Å². The first kappa shape index (κ1) is 11.6. The van der Waals surface area contributed by atoms with E-state index in [0.29, 0.717) is 5.92 Å². The molecule has 0 aromatic carbocycles. The van der Waals surface area contributed by atoms with Gasteiger partial charge in [0.1, 0.15) is 6.29 Å². The van der Waals surface area contributed by atoms with Gasteiger partial charge < -0.3 is 0 Å². The highest BCUT2D eigenvalue weighted by Crippen LogP contribution is 2.54. The Balaban J connectivity index is 2.42. The largest absolute Gasteiger partial charge is 0.298 e. The summed E-state index contributed by atoms with van der Waals surface area (Å²) >= 11 is 0. The Labute approximate surface area is 98.6 Å². The minimum absolute atomic E-state index is 0.131. The maximum absolute atomic E-state index is 11.0. The molecule has 16 heavy (non-hydrogen) atoms. The Kier molecular flexibility index (Phi) is 3.05. The van der Waals surface area contributed by atoms with E-state index in [1.807, 2.05) is 0 Å². The summed E-state index contributed by atoms with van der Waals surface area (Å²) in [5.41, 5.74) is 2.38. The van der Waals surface area contributed by atoms with Crippen molar-refractivity contribution in [2.75, 3.05) is 0 Å². The Morgan fingerprint density at radius 3 is 2.94 bits per heavy atom. The third-order valence-corrected chi connectivity index (χ3v) is 4.73. The zero-order valence-electron chi connectivity index (χ0n) is 10.5. The fraction of sp³-hybridized carbons (Fsp3) is 0.667. The van der Waals surface area contributed by atoms with Crippen LogP contribution in [0.25, 0.3) is 0 Å². The van der Waals surface area contributed by atoms with E-state index < -0.39 is 0 Å². The van der Waals surface area contributed by atoms with E-state index in [2.05, 4.69) is 26.5 Å². The number of rotatable bonds is 2. The lowest BCUT2D eigenvalue weighted by Crippen LogP contribution is -2.40. The molecule has 1 nitrogen and oxygen atoms in total. The minimum atomic E-state index is 0.131. The number of allylic oxidation sites excluding steroid dienone is 3. The normalized spacial score (nSPS) is 38.5. The van der Waals surface area contributed by atoms with Crippen LogP contribution in [0, 0.1) is 17.3 Å². The zero-order chi connectivity index (χ0) is 11.8. The molecule has 0 bridgehead atoms. The lowest BCUT2D eigenvalue weighted by atomic mass is 9.55. The predicted molar refractivity (Wildman–Crippen MR) is 67.1 cm³/mol. The number of carbonyl (C=O) groups is 1. The average Bonchev–Trinajstić information content (AvgIpc) is 2.28. The van der Waals surface area contributed by atoms with Crippen molar-refractivity contribution in [2.24, 2.45) is 17.3 Å². The molecule has 0 radical (unpaired) electrons. The van der Waals surface area contributed by atoms with Crippen LogP contribution in [0.3, 0.4) is 0 Å². The van der Waals surface area contributed by atoms with Crippen molar-refractivity contribution in [3.05, 3.63) is 23.8 Å². The van der Waals surface area contributed by atoms with Crippen molar-refractivity contribution >= 4 is 6.29 Å². The van der Waals surface area contributed by atoms with E-state index in [4.69, 9.17) is 0 Å². The quantitative estimate of drug-likeness (QED) is 0.507. The smallest absolute Gasteiger partial charge is 0.145 e. The van der Waals surface area contributed by atoms with Gasteiger partial charge >= 0.3 is 0 Å². The molecule has 0 aromatic heterocycles. The molecule has 1 saturated carbocycles. The molecular formula is C15H22O. The van der Waals surface area contributed by atoms with Gasteiger partial charge in [0.05, 0.1) is 0 Å². The van der Waals surface area contributed by atoms with Gasteiger partial charge in [0.25, 0.3) is 0 Å². The average molecular weight is 218 g/mol. The molecule has 0 aromatic rings. The van der Waals surface area contributed by atoms with Gasteiger partial charge in [0.2, 0.25) is 0 Å². The molecule has 0 spiro atoms. The first-order chi connectivity index (χ1) is 7.60. The van der Waals surface area contributed by atoms with Crippen LogP contribution >= 0.6 is 0 Å². The monoisotopic (exact) mass is 218 g/mol. The van der Waals surface area contributed by atoms with Gasteiger partial charge in [0.15, 0.2) is 0 Å². The van der Waals surface area contributed by atoms with E-state index in [0.717, 1.165) is 24.2 Å². The number of hydrogen-bond acceptors (Lipinski definition) is 1. The molecule has 2 aliphatic carbocycles. The van der Waals surface area contributed by atoms with Crippen LogP contribution in [-0.4, -0.2) is 6.29 Å². The minimum Gasteiger partial charge on any atom is -0.298 e. The third kappa shape index (κ3) is 1.66. The molecule has 0 unspecified atom stereocenters. The molecule has 1 fully saturated rings. The van der Waals surface area contributed by atoms with Gasteiger partial charge in [0, 0.05) is 5.41 Å². The van der Waals surface area contributed by atoms with E-state index in [9.17, 15) is 4.79 Å². The van der Waals surface area contributed by atoms with Gasteiger partial charge in [-0.2, -0.15) is 0 Å². The highest BCUT2D eigenvalue weighted by Gasteiger charge is 2.44. The first-order valence-electron chi connectivity index (χ1n) is 6.43. The second kappa shape index (κ2) is 4.20. The van der Waals surface area contributed by atoms with E-state index >= 15 is 0 Å². The van der Waals surface area contributed by atoms with Crippen molar-refractivity contribution in [1.29, 1.82) is 0 Å². The molecule has 0 heterocycles. The van der Waals surface area contributed by atoms with Gasteiger partial charge in [-0.1, -0.05) is 38.0 Å². The third-order valence-electron chi connectivity index (χ3n) is 4.73. The fourth-order valence-corrected chi connectivity index (χ4v) is 3.80. The summed E-state index contributed by atoms with van der Waals surface area (Å²) < 4.78 is 0. The Hall–Kier alpha value is -0.850. The molecular weight excluding hydrogens is 196 g/mol. The second-order valence-corrected chi connectivity index (χ2v) is 5.67. The summed E-state index contributed by atoms with van der Waals surface area (Å²) in [6.45, 7) is 8.69. The zero-order valence-corrected chi connectivity index (χ0v) is 10.5. The van der Waals surface area contributed by atoms with Gasteiger partial charge in [-0.05, 0) is 43.6 Å². The van der Waals surface area contributed by atoms with E-state index in [1.165, 1.54) is 31.3 Å². The SMILES string of the molecule is C=C(C)[C@]12C=C(C=O)CC[C@H]1[C@H](C)CCC2. The summed E-state index contributed by atoms with van der Waals surface area (Å²) in [6.07, 6.45) is 9.21. The van der Waals surface area contributed by atoms with Crippen molar-refractivity contribution in [3.63, 3.8) is 0 Å². The maximum Gasteiger partial charge on any atom is 0.145 e. The van der Waals surface area contributed by atoms with Crippen LogP contribution < -0.4 is 0 Å². The second-order valence-electron chi connectivity index (χ2n) is 5.67. The van der Waals surface area contributed by atoms with Gasteiger partial charge in [-0.3, -0.25) is 4.79 Å². The van der Waals surface area contributed by atoms with Crippen molar-refractivity contribution in [1.82, 2.24) is 0 Å². The van der Waals surface area contributed by atoms with E-state index in [1.54, 1.807) is 0 Å². The Bertz CT molecular complexity index is 339. The molecule has 2 aliphatic rings. The van der Waals surface area contributed by atoms with Crippen LogP contribution in [0.1, 0.15) is 46.0 Å². The molecule has 88 valence electrons. The molecule has 1 heteroatoms. The first-order valence-corrected chi connectivity index (χ1v) is 6.43. The number of fused-ring (bicyclic) bond motifs is 1. The molecule has 0 amide bonds. The number of aldehydes is 1. The Morgan fingerprint density at radius 1 is 1.56 bits per heavy atom. The van der Waals surface area contributed by atoms with Crippen LogP contribution in [0.5, 0.6) is 0 Å². The molecule has 0 saturated heterocycles. The molecule has 3 atom stereocenters. The summed E-state index contributed by atoms with van der Waals surface area (Å²) in [7, 11) is 0. The summed E-state index contributed by atoms with van der Waals surface area (Å²) in [4.78, 5) is 11.0. The fourth-order valence-electron chi connectivity index (χ4n) is 3.80. The summed E-state index contributed by atoms with van der Waals surface area (Å²) in [5.74, 6) is 1.48. The lowest BCUT2D eigenvalue weighted by Gasteiger charge is -2.49. The van der Waals surface area contributed by atoms with Crippen molar-refractivity contribution < 1.29 is 4.79 Å². The summed E-state index contributed by atoms with van der Waals surface area (Å²) in [5, 5.41) is 0. The number of carbonyl (C=O) groups excluding carboxylic acids is 1. The standard InChI is InChI=1S/C15H22O/c1-11(2)15-8-4-5-12(3)14(15)7-6-13(9-15)10-16/h9-10,12,14H,1,4-8H2,2-3H3/t12-,14+,15+/m1/s1. The lowest BCUT2D eigenvalue weighted by molar-refractivity contribution is -0.105. The van der Waals surface area contributed by atoms with Crippen LogP contribution in [0.15, 0.2) is 23.8 Å². The van der Waals surface area contributed by atoms with Crippen molar-refractivity contribution in [2.45, 2.75) is 46.0 Å². The number of hydrogen-bond donors (Lipinski definition) is 0. The predicted octanol–water partition coefficient (Wildman–Crippen LogP) is 3.90. The topological polar surface area (TPSA) is 17.1 Å². The van der Waals surface area contributed by atoms with Gasteiger partial charge in [-0.15, -0.1) is 0 Å². The molecule has 2 rings (SSSR count). The van der Waals surface area contributed by atoms with Gasteiger partial charge in [-0.25, -0.2) is 0 Å². The van der Waals surface area contributed by atoms with Crippen LogP contribution in [0.4, 0.5) is 0 Å². The highest BCUT2D eigenvalue weighted by molar-refractivity contribution is 5.74. The molecule has 0 N–H and O–H groups in total. The maximum atomic E-state index is 11.0. The van der Waals surface area contributed by atoms with Crippen LogP contribution in [-0.2, 0) is 4.79 Å². The molecule has 0 aliphatic heterocycles. The summed E-state index contributed by atoms with van der Waals surface area (Å²) in [6, 6.07) is 0. The highest BCUT2D eigenvalue weighted by atomic mass is 16.1. The van der Waals surface area contributed by atoms with E-state index in [-0.39, 0.29) is 5.41 Å². The Morgan fingerprint density at radius 2 is 2.31 bits per heavy atom.